The Labute approximate surface area is 214 Å². The molecule has 0 heterocycles. The summed E-state index contributed by atoms with van der Waals surface area (Å²) in [6, 6.07) is 10.6. The van der Waals surface area contributed by atoms with Crippen molar-refractivity contribution in [3.63, 3.8) is 0 Å². The Morgan fingerprint density at radius 3 is 1.59 bits per heavy atom. The average molecular weight is 474 g/mol. The van der Waals surface area contributed by atoms with E-state index in [-0.39, 0.29) is 0 Å². The average Bonchev–Trinajstić information content (AvgIpc) is 2.86. The minimum absolute atomic E-state index is 0.455. The Balaban J connectivity index is 2.10. The third kappa shape index (κ3) is 20.4. The largest absolute Gasteiger partial charge is 0.385 e. The molecule has 34 heavy (non-hydrogen) atoms. The molecule has 0 aliphatic carbocycles. The van der Waals surface area contributed by atoms with Crippen molar-refractivity contribution in [1.82, 2.24) is 0 Å². The predicted molar refractivity (Wildman–Crippen MR) is 153 cm³/mol. The number of nitrogens with one attached hydrogen (secondary N) is 1. The standard InChI is InChI=1S/C32H59NO/c1-3-5-7-9-11-12-13-14-16-18-23-30-34-32(27-22-17-15-10-8-6-4-2)28-24-29-33-31-25-20-19-21-26-31/h19-21,25-26,32-33H,3-18,22-24,27-30H2,1-2H3. The van der Waals surface area contributed by atoms with Gasteiger partial charge < -0.3 is 10.1 Å². The van der Waals surface area contributed by atoms with E-state index in [1.807, 2.05) is 0 Å². The van der Waals surface area contributed by atoms with Crippen LogP contribution in [0, 0.1) is 0 Å². The summed E-state index contributed by atoms with van der Waals surface area (Å²) in [4.78, 5) is 0. The first kappa shape index (κ1) is 31.0. The van der Waals surface area contributed by atoms with E-state index in [2.05, 4.69) is 49.5 Å². The molecule has 198 valence electrons. The van der Waals surface area contributed by atoms with Crippen LogP contribution in [0.2, 0.25) is 0 Å². The molecule has 0 spiro atoms. The van der Waals surface area contributed by atoms with Crippen LogP contribution in [0.3, 0.4) is 0 Å². The van der Waals surface area contributed by atoms with Gasteiger partial charge in [-0.2, -0.15) is 0 Å². The van der Waals surface area contributed by atoms with E-state index < -0.39 is 0 Å². The summed E-state index contributed by atoms with van der Waals surface area (Å²) < 4.78 is 6.39. The fraction of sp³-hybridized carbons (Fsp3) is 0.812. The molecular weight excluding hydrogens is 414 g/mol. The lowest BCUT2D eigenvalue weighted by atomic mass is 10.0. The number of unbranched alkanes of at least 4 members (excludes halogenated alkanes) is 16. The van der Waals surface area contributed by atoms with Gasteiger partial charge in [-0.3, -0.25) is 0 Å². The Kier molecular flexibility index (Phi) is 22.9. The lowest BCUT2D eigenvalue weighted by Gasteiger charge is -2.18. The number of hydrogen-bond acceptors (Lipinski definition) is 2. The van der Waals surface area contributed by atoms with Gasteiger partial charge in [0.2, 0.25) is 0 Å². The highest BCUT2D eigenvalue weighted by Gasteiger charge is 2.09. The molecule has 0 aliphatic heterocycles. The van der Waals surface area contributed by atoms with Gasteiger partial charge in [0.25, 0.3) is 0 Å². The van der Waals surface area contributed by atoms with Gasteiger partial charge in [-0.25, -0.2) is 0 Å². The Bertz CT molecular complexity index is 503. The number of para-hydroxylation sites is 1. The third-order valence-corrected chi connectivity index (χ3v) is 7.04. The van der Waals surface area contributed by atoms with E-state index in [1.165, 1.54) is 141 Å². The molecule has 0 aromatic heterocycles. The van der Waals surface area contributed by atoms with E-state index in [1.54, 1.807) is 0 Å². The van der Waals surface area contributed by atoms with E-state index >= 15 is 0 Å². The van der Waals surface area contributed by atoms with Crippen LogP contribution in [0.5, 0.6) is 0 Å². The zero-order valence-corrected chi connectivity index (χ0v) is 23.1. The number of hydrogen-bond donors (Lipinski definition) is 1. The van der Waals surface area contributed by atoms with Crippen LogP contribution in [0.25, 0.3) is 0 Å². The van der Waals surface area contributed by atoms with Crippen LogP contribution in [0.15, 0.2) is 30.3 Å². The Morgan fingerprint density at radius 2 is 1.03 bits per heavy atom. The Hall–Kier alpha value is -1.02. The van der Waals surface area contributed by atoms with E-state index in [0.717, 1.165) is 13.2 Å². The molecule has 0 saturated carbocycles. The molecule has 2 nitrogen and oxygen atoms in total. The van der Waals surface area contributed by atoms with Crippen LogP contribution in [0.4, 0.5) is 5.69 Å². The van der Waals surface area contributed by atoms with Gasteiger partial charge in [0, 0.05) is 18.8 Å². The smallest absolute Gasteiger partial charge is 0.0575 e. The summed E-state index contributed by atoms with van der Waals surface area (Å²) >= 11 is 0. The highest BCUT2D eigenvalue weighted by molar-refractivity contribution is 5.42. The van der Waals surface area contributed by atoms with Crippen LogP contribution >= 0.6 is 0 Å². The van der Waals surface area contributed by atoms with Crippen LogP contribution in [-0.4, -0.2) is 19.3 Å². The maximum atomic E-state index is 6.39. The van der Waals surface area contributed by atoms with E-state index in [9.17, 15) is 0 Å². The van der Waals surface area contributed by atoms with Crippen molar-refractivity contribution in [1.29, 1.82) is 0 Å². The van der Waals surface area contributed by atoms with Crippen molar-refractivity contribution in [3.8, 4) is 0 Å². The molecule has 1 unspecified atom stereocenters. The molecule has 1 rings (SSSR count). The normalized spacial score (nSPS) is 12.2. The molecule has 0 amide bonds. The van der Waals surface area contributed by atoms with Crippen LogP contribution in [-0.2, 0) is 4.74 Å². The van der Waals surface area contributed by atoms with Gasteiger partial charge in [0.05, 0.1) is 6.10 Å². The maximum Gasteiger partial charge on any atom is 0.0575 e. The van der Waals surface area contributed by atoms with Gasteiger partial charge in [-0.05, 0) is 37.8 Å². The molecule has 1 aromatic carbocycles. The Morgan fingerprint density at radius 1 is 0.559 bits per heavy atom. The first-order valence-corrected chi connectivity index (χ1v) is 15.3. The number of benzene rings is 1. The number of ether oxygens (including phenoxy) is 1. The van der Waals surface area contributed by atoms with E-state index in [4.69, 9.17) is 4.74 Å². The second kappa shape index (κ2) is 25.1. The molecule has 1 atom stereocenters. The van der Waals surface area contributed by atoms with Crippen molar-refractivity contribution >= 4 is 5.69 Å². The molecule has 1 aromatic rings. The number of rotatable bonds is 26. The zero-order valence-electron chi connectivity index (χ0n) is 23.1. The van der Waals surface area contributed by atoms with Gasteiger partial charge in [-0.1, -0.05) is 141 Å². The summed E-state index contributed by atoms with van der Waals surface area (Å²) in [5.74, 6) is 0. The van der Waals surface area contributed by atoms with Crippen molar-refractivity contribution in [2.24, 2.45) is 0 Å². The van der Waals surface area contributed by atoms with E-state index in [0.29, 0.717) is 6.10 Å². The van der Waals surface area contributed by atoms with Crippen molar-refractivity contribution in [2.75, 3.05) is 18.5 Å². The molecule has 0 radical (unpaired) electrons. The second-order valence-electron chi connectivity index (χ2n) is 10.4. The maximum absolute atomic E-state index is 6.39. The SMILES string of the molecule is CCCCCCCCCCCCCOC(CCCCCCCCC)CCCNc1ccccc1. The highest BCUT2D eigenvalue weighted by Crippen LogP contribution is 2.17. The van der Waals surface area contributed by atoms with Crippen molar-refractivity contribution in [3.05, 3.63) is 30.3 Å². The minimum atomic E-state index is 0.455. The summed E-state index contributed by atoms with van der Waals surface area (Å²) in [7, 11) is 0. The summed E-state index contributed by atoms with van der Waals surface area (Å²) in [6.45, 7) is 6.60. The minimum Gasteiger partial charge on any atom is -0.385 e. The van der Waals surface area contributed by atoms with Crippen molar-refractivity contribution in [2.45, 2.75) is 155 Å². The topological polar surface area (TPSA) is 21.3 Å². The van der Waals surface area contributed by atoms with Crippen LogP contribution in [0.1, 0.15) is 149 Å². The summed E-state index contributed by atoms with van der Waals surface area (Å²) in [5, 5.41) is 3.56. The zero-order chi connectivity index (χ0) is 24.4. The summed E-state index contributed by atoms with van der Waals surface area (Å²) in [5.41, 5.74) is 1.23. The molecule has 0 aliphatic rings. The van der Waals surface area contributed by atoms with Gasteiger partial charge in [-0.15, -0.1) is 0 Å². The quantitative estimate of drug-likeness (QED) is 0.135. The fourth-order valence-corrected chi connectivity index (χ4v) is 4.77. The first-order valence-electron chi connectivity index (χ1n) is 15.3. The predicted octanol–water partition coefficient (Wildman–Crippen LogP) is 10.7. The lowest BCUT2D eigenvalue weighted by Crippen LogP contribution is -2.16. The number of anilines is 1. The molecule has 0 fully saturated rings. The highest BCUT2D eigenvalue weighted by atomic mass is 16.5. The molecule has 1 N–H and O–H groups in total. The van der Waals surface area contributed by atoms with Gasteiger partial charge in [0.15, 0.2) is 0 Å². The second-order valence-corrected chi connectivity index (χ2v) is 10.4. The van der Waals surface area contributed by atoms with Gasteiger partial charge >= 0.3 is 0 Å². The fourth-order valence-electron chi connectivity index (χ4n) is 4.77. The molecule has 2 heteroatoms. The summed E-state index contributed by atoms with van der Waals surface area (Å²) in [6.07, 6.45) is 29.1. The third-order valence-electron chi connectivity index (χ3n) is 7.04. The molecule has 0 bridgehead atoms. The van der Waals surface area contributed by atoms with Crippen molar-refractivity contribution < 1.29 is 4.74 Å². The monoisotopic (exact) mass is 473 g/mol. The lowest BCUT2D eigenvalue weighted by molar-refractivity contribution is 0.0367. The van der Waals surface area contributed by atoms with Crippen LogP contribution < -0.4 is 5.32 Å². The van der Waals surface area contributed by atoms with Gasteiger partial charge in [0.1, 0.15) is 0 Å². The molecular formula is C32H59NO. The first-order chi connectivity index (χ1) is 16.9. The molecule has 0 saturated heterocycles.